The van der Waals surface area contributed by atoms with Crippen molar-refractivity contribution in [1.82, 2.24) is 0 Å². The number of hydrogen-bond acceptors (Lipinski definition) is 5. The molecule has 0 spiro atoms. The lowest BCUT2D eigenvalue weighted by atomic mass is 10.5. The van der Waals surface area contributed by atoms with Gasteiger partial charge >= 0.3 is 0 Å². The second-order valence-electron chi connectivity index (χ2n) is 3.17. The summed E-state index contributed by atoms with van der Waals surface area (Å²) >= 11 is 6.01. The molecule has 2 heterocycles. The van der Waals surface area contributed by atoms with Crippen molar-refractivity contribution in [1.29, 1.82) is 0 Å². The quantitative estimate of drug-likeness (QED) is 0.888. The van der Waals surface area contributed by atoms with Crippen molar-refractivity contribution in [2.45, 2.75) is 11.4 Å². The van der Waals surface area contributed by atoms with Crippen molar-refractivity contribution in [3.05, 3.63) is 31.6 Å². The predicted octanol–water partition coefficient (Wildman–Crippen LogP) is 2.83. The lowest BCUT2D eigenvalue weighted by Gasteiger charge is -2.04. The monoisotopic (exact) mass is 352 g/mol. The van der Waals surface area contributed by atoms with Crippen LogP contribution in [0, 0.1) is 0 Å². The molecule has 2 aromatic rings. The maximum Gasteiger partial charge on any atom is 0.263 e. The van der Waals surface area contributed by atoms with Gasteiger partial charge in [0.1, 0.15) is 4.90 Å². The largest absolute Gasteiger partial charge is 0.326 e. The molecule has 0 aliphatic rings. The molecule has 0 saturated carbocycles. The van der Waals surface area contributed by atoms with E-state index in [-0.39, 0.29) is 4.90 Å². The predicted molar refractivity (Wildman–Crippen MR) is 75.0 cm³/mol. The Kier molecular flexibility index (Phi) is 3.88. The van der Waals surface area contributed by atoms with Crippen molar-refractivity contribution in [2.24, 2.45) is 5.73 Å². The Labute approximate surface area is 116 Å². The van der Waals surface area contributed by atoms with Crippen molar-refractivity contribution in [3.63, 3.8) is 0 Å². The van der Waals surface area contributed by atoms with E-state index in [1.807, 2.05) is 5.38 Å². The molecule has 92 valence electrons. The van der Waals surface area contributed by atoms with Crippen LogP contribution in [0.1, 0.15) is 4.88 Å². The second kappa shape index (κ2) is 5.07. The third kappa shape index (κ3) is 2.89. The van der Waals surface area contributed by atoms with E-state index >= 15 is 0 Å². The van der Waals surface area contributed by atoms with Crippen LogP contribution in [0.4, 0.5) is 5.69 Å². The van der Waals surface area contributed by atoms with Gasteiger partial charge in [0.15, 0.2) is 0 Å². The molecule has 0 aromatic carbocycles. The Bertz CT molecular complexity index is 604. The summed E-state index contributed by atoms with van der Waals surface area (Å²) in [5.41, 5.74) is 6.06. The molecule has 0 aliphatic carbocycles. The average Bonchev–Trinajstić information content (AvgIpc) is 2.86. The van der Waals surface area contributed by atoms with Crippen molar-refractivity contribution >= 4 is 54.3 Å². The number of nitrogens with two attached hydrogens (primary N) is 1. The summed E-state index contributed by atoms with van der Waals surface area (Å²) in [6.45, 7) is 0.331. The van der Waals surface area contributed by atoms with E-state index in [0.29, 0.717) is 16.0 Å². The molecule has 2 aromatic heterocycles. The first-order valence-electron chi connectivity index (χ1n) is 4.56. The molecule has 0 radical (unpaired) electrons. The van der Waals surface area contributed by atoms with E-state index in [2.05, 4.69) is 20.7 Å². The van der Waals surface area contributed by atoms with E-state index in [4.69, 9.17) is 5.73 Å². The van der Waals surface area contributed by atoms with Crippen LogP contribution in [0.5, 0.6) is 0 Å². The molecule has 0 atom stereocenters. The van der Waals surface area contributed by atoms with Gasteiger partial charge in [-0.25, -0.2) is 8.42 Å². The first kappa shape index (κ1) is 13.0. The standard InChI is InChI=1S/C9H9BrN2O2S3/c10-9-8(3-7(4-11)16-9)17(13,14)12-6-1-2-15-5-6/h1-3,5,12H,4,11H2. The minimum absolute atomic E-state index is 0.231. The normalized spacial score (nSPS) is 11.6. The highest BCUT2D eigenvalue weighted by molar-refractivity contribution is 9.11. The smallest absolute Gasteiger partial charge is 0.263 e. The van der Waals surface area contributed by atoms with E-state index in [0.717, 1.165) is 4.88 Å². The summed E-state index contributed by atoms with van der Waals surface area (Å²) in [5, 5.41) is 3.55. The fourth-order valence-corrected chi connectivity index (χ4v) is 5.49. The van der Waals surface area contributed by atoms with Crippen LogP contribution in [-0.4, -0.2) is 8.42 Å². The van der Waals surface area contributed by atoms with E-state index in [1.165, 1.54) is 22.7 Å². The lowest BCUT2D eigenvalue weighted by molar-refractivity contribution is 0.601. The second-order valence-corrected chi connectivity index (χ2v) is 8.06. The Morgan fingerprint density at radius 3 is 2.76 bits per heavy atom. The molecule has 0 unspecified atom stereocenters. The zero-order valence-corrected chi connectivity index (χ0v) is 12.5. The van der Waals surface area contributed by atoms with Gasteiger partial charge in [0.2, 0.25) is 0 Å². The van der Waals surface area contributed by atoms with Crippen LogP contribution in [0.3, 0.4) is 0 Å². The zero-order valence-electron chi connectivity index (χ0n) is 8.51. The van der Waals surface area contributed by atoms with Crippen LogP contribution in [0.15, 0.2) is 31.6 Å². The molecule has 8 heteroatoms. The Morgan fingerprint density at radius 1 is 1.47 bits per heavy atom. The number of thiophene rings is 2. The third-order valence-corrected chi connectivity index (χ3v) is 6.31. The maximum atomic E-state index is 12.1. The SMILES string of the molecule is NCc1cc(S(=O)(=O)Nc2ccsc2)c(Br)s1. The molecule has 0 bridgehead atoms. The van der Waals surface area contributed by atoms with Gasteiger partial charge in [0.05, 0.1) is 9.47 Å². The summed E-state index contributed by atoms with van der Waals surface area (Å²) in [6.07, 6.45) is 0. The van der Waals surface area contributed by atoms with Crippen LogP contribution >= 0.6 is 38.6 Å². The van der Waals surface area contributed by atoms with Gasteiger partial charge in [-0.3, -0.25) is 4.72 Å². The highest BCUT2D eigenvalue weighted by atomic mass is 79.9. The summed E-state index contributed by atoms with van der Waals surface area (Å²) in [6, 6.07) is 3.30. The van der Waals surface area contributed by atoms with Crippen LogP contribution in [-0.2, 0) is 16.6 Å². The third-order valence-electron chi connectivity index (χ3n) is 1.97. The fraction of sp³-hybridized carbons (Fsp3) is 0.111. The molecule has 2 rings (SSSR count). The highest BCUT2D eigenvalue weighted by Gasteiger charge is 2.20. The molecule has 0 saturated heterocycles. The van der Waals surface area contributed by atoms with Gasteiger partial charge in [-0.2, -0.15) is 11.3 Å². The fourth-order valence-electron chi connectivity index (χ4n) is 1.21. The summed E-state index contributed by atoms with van der Waals surface area (Å²) in [4.78, 5) is 1.05. The van der Waals surface area contributed by atoms with Crippen molar-refractivity contribution in [2.75, 3.05) is 4.72 Å². The maximum absolute atomic E-state index is 12.1. The van der Waals surface area contributed by atoms with E-state index in [1.54, 1.807) is 17.5 Å². The number of anilines is 1. The van der Waals surface area contributed by atoms with Crippen LogP contribution < -0.4 is 10.5 Å². The molecular formula is C9H9BrN2O2S3. The Balaban J connectivity index is 2.34. The highest BCUT2D eigenvalue weighted by Crippen LogP contribution is 2.32. The lowest BCUT2D eigenvalue weighted by Crippen LogP contribution is -2.12. The number of nitrogens with one attached hydrogen (secondary N) is 1. The number of hydrogen-bond donors (Lipinski definition) is 2. The first-order chi connectivity index (χ1) is 8.03. The number of sulfonamides is 1. The summed E-state index contributed by atoms with van der Waals surface area (Å²) in [7, 11) is -3.54. The average molecular weight is 353 g/mol. The van der Waals surface area contributed by atoms with Crippen LogP contribution in [0.25, 0.3) is 0 Å². The minimum atomic E-state index is -3.54. The Morgan fingerprint density at radius 2 is 2.24 bits per heavy atom. The van der Waals surface area contributed by atoms with Gasteiger partial charge in [-0.1, -0.05) is 0 Å². The molecular weight excluding hydrogens is 344 g/mol. The van der Waals surface area contributed by atoms with Crippen molar-refractivity contribution in [3.8, 4) is 0 Å². The number of rotatable bonds is 4. The van der Waals surface area contributed by atoms with E-state index < -0.39 is 10.0 Å². The summed E-state index contributed by atoms with van der Waals surface area (Å²) < 4.78 is 27.2. The van der Waals surface area contributed by atoms with Gasteiger partial charge in [-0.15, -0.1) is 11.3 Å². The van der Waals surface area contributed by atoms with Gasteiger partial charge in [0, 0.05) is 16.8 Å². The number of halogens is 1. The molecule has 0 fully saturated rings. The van der Waals surface area contributed by atoms with Crippen LogP contribution in [0.2, 0.25) is 0 Å². The van der Waals surface area contributed by atoms with Gasteiger partial charge in [0.25, 0.3) is 10.0 Å². The molecule has 0 amide bonds. The molecule has 17 heavy (non-hydrogen) atoms. The van der Waals surface area contributed by atoms with E-state index in [9.17, 15) is 8.42 Å². The van der Waals surface area contributed by atoms with Gasteiger partial charge in [-0.05, 0) is 33.4 Å². The van der Waals surface area contributed by atoms with Gasteiger partial charge < -0.3 is 5.73 Å². The molecule has 0 aliphatic heterocycles. The minimum Gasteiger partial charge on any atom is -0.326 e. The Hall–Kier alpha value is -0.410. The van der Waals surface area contributed by atoms with Crippen molar-refractivity contribution < 1.29 is 8.42 Å². The molecule has 4 nitrogen and oxygen atoms in total. The summed E-state index contributed by atoms with van der Waals surface area (Å²) in [5.74, 6) is 0. The first-order valence-corrected chi connectivity index (χ1v) is 8.60. The topological polar surface area (TPSA) is 72.2 Å². The zero-order chi connectivity index (χ0) is 12.5. The molecule has 3 N–H and O–H groups in total.